The molecule has 5 nitrogen and oxygen atoms in total. The summed E-state index contributed by atoms with van der Waals surface area (Å²) in [5.74, 6) is 1.33. The van der Waals surface area contributed by atoms with Crippen molar-refractivity contribution in [1.82, 2.24) is 24.1 Å². The van der Waals surface area contributed by atoms with Crippen LogP contribution in [0.3, 0.4) is 0 Å². The third-order valence-electron chi connectivity index (χ3n) is 3.78. The molecule has 0 aliphatic heterocycles. The molecule has 0 aliphatic carbocycles. The predicted molar refractivity (Wildman–Crippen MR) is 87.6 cm³/mol. The third-order valence-corrected chi connectivity index (χ3v) is 7.88. The number of rotatable bonds is 4. The van der Waals surface area contributed by atoms with Crippen molar-refractivity contribution in [2.45, 2.75) is 18.1 Å². The van der Waals surface area contributed by atoms with Crippen molar-refractivity contribution >= 4 is 37.0 Å². The Morgan fingerprint density at radius 1 is 1.24 bits per heavy atom. The second-order valence-electron chi connectivity index (χ2n) is 5.37. The van der Waals surface area contributed by atoms with Crippen molar-refractivity contribution in [3.05, 3.63) is 17.8 Å². The Labute approximate surface area is 157 Å². The van der Waals surface area contributed by atoms with Crippen LogP contribution in [0.15, 0.2) is 17.3 Å². The van der Waals surface area contributed by atoms with Crippen molar-refractivity contribution in [2.24, 2.45) is 14.1 Å². The Balaban J connectivity index is 2.21. The van der Waals surface area contributed by atoms with Crippen LogP contribution in [0.4, 0.5) is 13.2 Å². The van der Waals surface area contributed by atoms with Crippen LogP contribution in [0.25, 0.3) is 22.7 Å². The summed E-state index contributed by atoms with van der Waals surface area (Å²) in [5, 5.41) is 0.915. The quantitative estimate of drug-likeness (QED) is 0.461. The summed E-state index contributed by atoms with van der Waals surface area (Å²) in [7, 11) is 9.75. The van der Waals surface area contributed by atoms with Gasteiger partial charge < -0.3 is 0 Å². The van der Waals surface area contributed by atoms with Crippen LogP contribution < -0.4 is 4.42 Å². The van der Waals surface area contributed by atoms with Gasteiger partial charge in [-0.2, -0.15) is 0 Å². The number of imidazole rings is 2. The molecule has 0 saturated heterocycles. The van der Waals surface area contributed by atoms with Crippen LogP contribution in [-0.2, 0) is 36.4 Å². The maximum absolute atomic E-state index is 12.9. The van der Waals surface area contributed by atoms with Crippen LogP contribution in [-0.4, -0.2) is 29.8 Å². The molecule has 0 radical (unpaired) electrons. The third kappa shape index (κ3) is 3.31. The van der Waals surface area contributed by atoms with E-state index in [0.29, 0.717) is 17.2 Å². The van der Waals surface area contributed by atoms with Gasteiger partial charge in [0.1, 0.15) is 0 Å². The van der Waals surface area contributed by atoms with Crippen LogP contribution in [0.1, 0.15) is 12.5 Å². The zero-order chi connectivity index (χ0) is 18.4. The molecule has 0 aliphatic rings. The predicted octanol–water partition coefficient (Wildman–Crippen LogP) is 3.36. The number of fused-ring (bicyclic) bond motifs is 1. The monoisotopic (exact) mass is 439 g/mol. The van der Waals surface area contributed by atoms with E-state index in [4.69, 9.17) is 9.69 Å². The number of pyridine rings is 1. The molecular weight excluding hydrogens is 428 g/mol. The first-order valence-corrected chi connectivity index (χ1v) is 13.8. The molecule has 0 fully saturated rings. The average molecular weight is 441 g/mol. The molecule has 0 atom stereocenters. The van der Waals surface area contributed by atoms with Gasteiger partial charge in [-0.15, -0.1) is 0 Å². The van der Waals surface area contributed by atoms with Gasteiger partial charge in [0.25, 0.3) is 0 Å². The fourth-order valence-corrected chi connectivity index (χ4v) is 6.03. The van der Waals surface area contributed by atoms with Gasteiger partial charge in [0.2, 0.25) is 0 Å². The van der Waals surface area contributed by atoms with E-state index in [0.717, 1.165) is 27.5 Å². The second kappa shape index (κ2) is 6.89. The van der Waals surface area contributed by atoms with Gasteiger partial charge in [-0.1, -0.05) is 0 Å². The molecule has 0 bridgehead atoms. The Morgan fingerprint density at radius 3 is 2.56 bits per heavy atom. The summed E-state index contributed by atoms with van der Waals surface area (Å²) < 4.78 is 43.2. The van der Waals surface area contributed by atoms with E-state index in [1.165, 1.54) is 0 Å². The first-order valence-electron chi connectivity index (χ1n) is 7.42. The van der Waals surface area contributed by atoms with E-state index in [9.17, 15) is 13.2 Å². The molecule has 0 unspecified atom stereocenters. The molecule has 0 aromatic carbocycles. The molecule has 0 saturated carbocycles. The number of nitrogens with zero attached hydrogens (tertiary/aromatic N) is 5. The molecule has 3 aromatic heterocycles. The van der Waals surface area contributed by atoms with Crippen molar-refractivity contribution in [3.63, 3.8) is 0 Å². The summed E-state index contributed by atoms with van der Waals surface area (Å²) in [4.78, 5) is 12.9. The van der Waals surface area contributed by atoms with Crippen molar-refractivity contribution in [2.75, 3.05) is 5.75 Å². The van der Waals surface area contributed by atoms with Crippen LogP contribution in [0, 0.1) is 0 Å². The SMILES string of the molecule is CCSc1c(-c2nc3cc(C(F)(F)F)cnc3n2C)n[c]([Zn][Cl])n1C. The van der Waals surface area contributed by atoms with Gasteiger partial charge in [-0.25, -0.2) is 0 Å². The topological polar surface area (TPSA) is 48.5 Å². The van der Waals surface area contributed by atoms with Gasteiger partial charge >= 0.3 is 158 Å². The van der Waals surface area contributed by atoms with E-state index < -0.39 is 27.9 Å². The van der Waals surface area contributed by atoms with Crippen LogP contribution >= 0.6 is 21.5 Å². The van der Waals surface area contributed by atoms with Crippen molar-refractivity contribution in [1.29, 1.82) is 0 Å². The Bertz CT molecular complexity index is 937. The summed E-state index contributed by atoms with van der Waals surface area (Å²) >= 11 is 0.150. The molecule has 0 amide bonds. The zero-order valence-electron chi connectivity index (χ0n) is 13.7. The minimum atomic E-state index is -4.45. The average Bonchev–Trinajstić information content (AvgIpc) is 3.05. The number of aryl methyl sites for hydroxylation is 1. The molecule has 25 heavy (non-hydrogen) atoms. The van der Waals surface area contributed by atoms with E-state index in [-0.39, 0.29) is 5.52 Å². The normalized spacial score (nSPS) is 12.0. The summed E-state index contributed by atoms with van der Waals surface area (Å²) in [6.07, 6.45) is -3.63. The van der Waals surface area contributed by atoms with Gasteiger partial charge in [-0.05, 0) is 0 Å². The van der Waals surface area contributed by atoms with Gasteiger partial charge in [0, 0.05) is 0 Å². The molecule has 0 N–H and O–H groups in total. The molecule has 3 rings (SSSR count). The molecule has 3 heterocycles. The minimum absolute atomic E-state index is 0.194. The number of thioether (sulfide) groups is 1. The second-order valence-corrected chi connectivity index (χ2v) is 9.90. The van der Waals surface area contributed by atoms with E-state index >= 15 is 0 Å². The zero-order valence-corrected chi connectivity index (χ0v) is 18.3. The van der Waals surface area contributed by atoms with Crippen molar-refractivity contribution in [3.8, 4) is 11.5 Å². The van der Waals surface area contributed by atoms with Crippen LogP contribution in [0.5, 0.6) is 0 Å². The Hall–Kier alpha value is -1.12. The maximum atomic E-state index is 12.9. The number of alkyl halides is 3. The van der Waals surface area contributed by atoms with Gasteiger partial charge in [0.05, 0.1) is 0 Å². The molecule has 0 spiro atoms. The number of aromatic nitrogens is 5. The summed E-state index contributed by atoms with van der Waals surface area (Å²) in [6, 6.07) is 1.02. The van der Waals surface area contributed by atoms with Crippen molar-refractivity contribution < 1.29 is 29.3 Å². The summed E-state index contributed by atoms with van der Waals surface area (Å²) in [5.41, 5.74) is 0.407. The fourth-order valence-electron chi connectivity index (χ4n) is 2.54. The Kier molecular flexibility index (Phi) is 5.14. The molecule has 3 aromatic rings. The van der Waals surface area contributed by atoms with E-state index in [2.05, 4.69) is 15.0 Å². The summed E-state index contributed by atoms with van der Waals surface area (Å²) in [6.45, 7) is 2.02. The van der Waals surface area contributed by atoms with Gasteiger partial charge in [-0.3, -0.25) is 0 Å². The molecular formula is C14H13ClF3N5SZn. The van der Waals surface area contributed by atoms with E-state index in [1.54, 1.807) is 23.4 Å². The van der Waals surface area contributed by atoms with Crippen LogP contribution in [0.2, 0.25) is 0 Å². The first-order chi connectivity index (χ1) is 11.8. The fraction of sp³-hybridized carbons (Fsp3) is 0.357. The molecule has 11 heteroatoms. The standard InChI is InChI=1S/C14H13F3N5S.ClH.Zn/c1-4-23-13-10(19-7-21(13)2)12-20-9-5-8(14(15,16)17)6-18-11(9)22(12)3;;/h5-6H,4H2,1-3H3;1H;/q;;+1/p-1. The van der Waals surface area contributed by atoms with E-state index in [1.807, 2.05) is 18.5 Å². The Morgan fingerprint density at radius 2 is 1.96 bits per heavy atom. The number of hydrogen-bond donors (Lipinski definition) is 0. The number of halogens is 4. The first kappa shape index (κ1) is 18.7. The number of hydrogen-bond acceptors (Lipinski definition) is 4. The van der Waals surface area contributed by atoms with Gasteiger partial charge in [0.15, 0.2) is 0 Å². The molecule has 130 valence electrons.